The van der Waals surface area contributed by atoms with Gasteiger partial charge in [-0.05, 0) is 152 Å². The number of aromatic nitrogens is 6. The van der Waals surface area contributed by atoms with E-state index in [1.165, 1.54) is 0 Å². The lowest BCUT2D eigenvalue weighted by Gasteiger charge is -2.39. The Balaban J connectivity index is 0.000000163. The minimum atomic E-state index is -0.572. The number of hydrogen-bond donors (Lipinski definition) is 2. The van der Waals surface area contributed by atoms with Crippen LogP contribution in [0.1, 0.15) is 140 Å². The van der Waals surface area contributed by atoms with Crippen LogP contribution in [0, 0.1) is 0 Å². The lowest BCUT2D eigenvalue weighted by Crippen LogP contribution is -2.50. The topological polar surface area (TPSA) is 191 Å². The number of imidazole rings is 2. The van der Waals surface area contributed by atoms with Gasteiger partial charge in [0.15, 0.2) is 0 Å². The highest BCUT2D eigenvalue weighted by Gasteiger charge is 2.46. The summed E-state index contributed by atoms with van der Waals surface area (Å²) in [5.74, 6) is 0. The number of nitrogens with two attached hydrogens (primary N) is 1. The highest BCUT2D eigenvalue weighted by molar-refractivity contribution is 6.31. The fraction of sp³-hybridized carbons (Fsp3) is 0.426. The van der Waals surface area contributed by atoms with Crippen molar-refractivity contribution in [2.45, 2.75) is 100 Å². The van der Waals surface area contributed by atoms with E-state index in [4.69, 9.17) is 53.1 Å². The average Bonchev–Trinajstić information content (AvgIpc) is 4.62. The summed E-state index contributed by atoms with van der Waals surface area (Å²) in [4.78, 5) is 65.6. The number of rotatable bonds is 10. The lowest BCUT2D eigenvalue weighted by atomic mass is 9.90. The minimum Gasteiger partial charge on any atom is -0.443 e. The summed E-state index contributed by atoms with van der Waals surface area (Å²) in [6.45, 7) is 11.0. The molecule has 2 aromatic carbocycles. The summed E-state index contributed by atoms with van der Waals surface area (Å²) in [5.41, 5.74) is 17.3. The smallest absolute Gasteiger partial charge is 0.410 e. The number of carbonyl (C=O) groups is 3. The second kappa shape index (κ2) is 21.7. The number of nitrogens with one attached hydrogen (secondary N) is 1. The summed E-state index contributed by atoms with van der Waals surface area (Å²) in [6, 6.07) is 18.7. The fourth-order valence-corrected chi connectivity index (χ4v) is 11.8. The molecule has 20 heteroatoms. The number of hydrogen-bond acceptors (Lipinski definition) is 13. The number of fused-ring (bicyclic) bond motifs is 4. The second-order valence-corrected chi connectivity index (χ2v) is 24.2. The molecule has 18 nitrogen and oxygen atoms in total. The van der Waals surface area contributed by atoms with Crippen LogP contribution in [0.15, 0.2) is 98.1 Å². The van der Waals surface area contributed by atoms with Gasteiger partial charge in [-0.25, -0.2) is 24.4 Å². The third kappa shape index (κ3) is 11.5. The molecule has 81 heavy (non-hydrogen) atoms. The molecule has 0 bridgehead atoms. The van der Waals surface area contributed by atoms with Gasteiger partial charge in [0.05, 0.1) is 72.0 Å². The molecule has 7 aliphatic rings. The van der Waals surface area contributed by atoms with Crippen LogP contribution in [-0.2, 0) is 28.3 Å². The van der Waals surface area contributed by atoms with Crippen molar-refractivity contribution in [3.8, 4) is 0 Å². The molecule has 2 saturated heterocycles. The normalized spacial score (nSPS) is 21.7. The predicted molar refractivity (Wildman–Crippen MR) is 309 cm³/mol. The van der Waals surface area contributed by atoms with Crippen LogP contribution in [0.4, 0.5) is 14.4 Å². The second-order valence-electron chi connectivity index (χ2n) is 23.4. The van der Waals surface area contributed by atoms with E-state index < -0.39 is 23.8 Å². The number of ether oxygens (including phenoxy) is 3. The van der Waals surface area contributed by atoms with Gasteiger partial charge in [0.1, 0.15) is 16.8 Å². The van der Waals surface area contributed by atoms with Crippen LogP contribution < -0.4 is 11.1 Å². The Morgan fingerprint density at radius 3 is 1.48 bits per heavy atom. The van der Waals surface area contributed by atoms with Gasteiger partial charge < -0.3 is 44.2 Å². The van der Waals surface area contributed by atoms with Crippen LogP contribution in [-0.4, -0.2) is 136 Å². The monoisotopic (exact) mass is 1130 g/mol. The first kappa shape index (κ1) is 54.5. The predicted octanol–water partition coefficient (Wildman–Crippen LogP) is 10.2. The Morgan fingerprint density at radius 2 is 1.04 bits per heavy atom. The van der Waals surface area contributed by atoms with Crippen molar-refractivity contribution in [1.29, 1.82) is 0 Å². The molecule has 422 valence electrons. The number of alkyl carbamates (subject to hydrolysis) is 1. The maximum atomic E-state index is 13.3. The molecule has 4 atom stereocenters. The van der Waals surface area contributed by atoms with E-state index in [0.29, 0.717) is 62.4 Å². The first-order chi connectivity index (χ1) is 38.9. The number of benzene rings is 2. The van der Waals surface area contributed by atoms with Crippen LogP contribution in [0.3, 0.4) is 0 Å². The molecule has 3 saturated carbocycles. The Bertz CT molecular complexity index is 3460. The summed E-state index contributed by atoms with van der Waals surface area (Å²) in [5, 5.41) is 4.40. The van der Waals surface area contributed by atoms with Gasteiger partial charge in [-0.2, -0.15) is 0 Å². The van der Waals surface area contributed by atoms with Gasteiger partial charge in [-0.1, -0.05) is 47.5 Å². The van der Waals surface area contributed by atoms with E-state index in [1.807, 2.05) is 104 Å². The molecule has 0 unspecified atom stereocenters. The molecule has 0 spiro atoms. The van der Waals surface area contributed by atoms with Gasteiger partial charge >= 0.3 is 18.3 Å². The van der Waals surface area contributed by atoms with E-state index in [-0.39, 0.29) is 35.5 Å². The highest BCUT2D eigenvalue weighted by atomic mass is 35.5. The summed E-state index contributed by atoms with van der Waals surface area (Å²) in [7, 11) is 3.86. The Hall–Kier alpha value is -7.09. The van der Waals surface area contributed by atoms with Crippen LogP contribution in [0.5, 0.6) is 0 Å². The van der Waals surface area contributed by atoms with Crippen LogP contribution >= 0.6 is 23.2 Å². The van der Waals surface area contributed by atoms with Crippen molar-refractivity contribution in [1.82, 2.24) is 54.0 Å². The maximum Gasteiger partial charge on any atom is 0.410 e. The Kier molecular flexibility index (Phi) is 14.6. The number of nitrogens with zero attached hydrogens (tertiary/aromatic N) is 10. The summed E-state index contributed by atoms with van der Waals surface area (Å²) < 4.78 is 21.1. The van der Waals surface area contributed by atoms with Crippen molar-refractivity contribution in [3.63, 3.8) is 0 Å². The van der Waals surface area contributed by atoms with E-state index in [0.717, 1.165) is 106 Å². The molecular formula is C61H68Cl2N12O6. The zero-order valence-electron chi connectivity index (χ0n) is 46.4. The molecule has 2 aliphatic heterocycles. The number of piperazine rings is 2. The largest absolute Gasteiger partial charge is 0.443 e. The van der Waals surface area contributed by atoms with Crippen LogP contribution in [0.25, 0.3) is 23.3 Å². The minimum absolute atomic E-state index is 0.102. The fourth-order valence-electron chi connectivity index (χ4n) is 11.5. The third-order valence-corrected chi connectivity index (χ3v) is 17.6. The number of halogens is 2. The number of aryl methyl sites for hydroxylation is 2. The first-order valence-corrected chi connectivity index (χ1v) is 28.7. The Labute approximate surface area is 481 Å². The molecule has 5 aliphatic carbocycles. The molecule has 6 aromatic rings. The van der Waals surface area contributed by atoms with Crippen molar-refractivity contribution < 1.29 is 28.6 Å². The average molecular weight is 1140 g/mol. The number of amides is 3. The van der Waals surface area contributed by atoms with E-state index in [1.54, 1.807) is 23.8 Å². The zero-order chi connectivity index (χ0) is 56.4. The summed E-state index contributed by atoms with van der Waals surface area (Å²) >= 11 is 13.2. The van der Waals surface area contributed by atoms with Gasteiger partial charge in [-0.15, -0.1) is 0 Å². The molecule has 5 fully saturated rings. The van der Waals surface area contributed by atoms with E-state index in [2.05, 4.69) is 61.5 Å². The maximum absolute atomic E-state index is 13.3. The Morgan fingerprint density at radius 1 is 0.605 bits per heavy atom. The van der Waals surface area contributed by atoms with Gasteiger partial charge in [-0.3, -0.25) is 19.8 Å². The third-order valence-electron chi connectivity index (χ3n) is 17.1. The highest BCUT2D eigenvalue weighted by Crippen LogP contribution is 2.47. The van der Waals surface area contributed by atoms with Gasteiger partial charge in [0, 0.05) is 88.9 Å². The van der Waals surface area contributed by atoms with E-state index in [9.17, 15) is 14.4 Å². The molecule has 3 N–H and O–H groups in total. The first-order valence-electron chi connectivity index (χ1n) is 28.0. The van der Waals surface area contributed by atoms with Gasteiger partial charge in [0.2, 0.25) is 0 Å². The van der Waals surface area contributed by atoms with E-state index >= 15 is 0 Å². The van der Waals surface area contributed by atoms with Crippen molar-refractivity contribution >= 4 is 64.8 Å². The zero-order valence-corrected chi connectivity index (χ0v) is 47.9. The molecular weight excluding hydrogens is 1070 g/mol. The van der Waals surface area contributed by atoms with Crippen molar-refractivity contribution in [2.75, 3.05) is 52.4 Å². The number of carbonyl (C=O) groups excluding carboxylic acids is 3. The van der Waals surface area contributed by atoms with Gasteiger partial charge in [0.25, 0.3) is 0 Å². The SMILES string of the molecule is Cn1cncc1[C@H](N)C1=Cc2cccnc2[C@@H](N2CCN(C(=O)OC3(C)CC3)CC2)c2ccc(Cl)cc21.Cn1cncc1[C@H](NC(=O)OC1(C)CC1)C1=Cc2cccnc2[C@@H](N2CCN(C(=O)OC3(C)CC3)CC2)c2ccc(Cl)cc21. The molecule has 13 rings (SSSR count). The lowest BCUT2D eigenvalue weighted by molar-refractivity contribution is 0.0373. The van der Waals surface area contributed by atoms with Crippen molar-refractivity contribution in [2.24, 2.45) is 19.8 Å². The molecule has 3 amide bonds. The van der Waals surface area contributed by atoms with Crippen molar-refractivity contribution in [3.05, 3.63) is 164 Å². The molecule has 6 heterocycles. The summed E-state index contributed by atoms with van der Waals surface area (Å²) in [6.07, 6.45) is 19.4. The standard InChI is InChI=1S/C33H37ClN6O4.C28H31ClN6O2/c1-32(8-9-32)43-30(41)37-28(26-19-35-20-38(26)3)25-17-21-5-4-12-36-27(21)29(23-7-6-22(34)18-24(23)25)39-13-15-40(16-14-39)31(42)44-33(2)10-11-33;1-28(7-8-28)37-27(36)35-12-10-34(11-13-35)26-20-6-5-19(29)15-21(20)22(14-18-4-3-9-32-25(18)26)24(30)23-16-31-17-33(23)2/h4-7,12,17-20,28-29H,8-11,13-16H2,1-3H3,(H,37,41);3-6,9,14-17,24,26H,7-8,10-13,30H2,1-2H3/t28-,29+;24-,26+/m11/s1. The number of pyridine rings is 2. The molecule has 0 radical (unpaired) electrons. The quantitative estimate of drug-likeness (QED) is 0.123. The van der Waals surface area contributed by atoms with Crippen LogP contribution in [0.2, 0.25) is 10.0 Å². The molecule has 4 aromatic heterocycles.